The first-order valence-corrected chi connectivity index (χ1v) is 10.1. The number of carbonyl (C=O) groups is 2. The van der Waals surface area contributed by atoms with Crippen LogP contribution in [0.1, 0.15) is 30.7 Å². The lowest BCUT2D eigenvalue weighted by Crippen LogP contribution is -2.27. The molecular weight excluding hydrogens is 404 g/mol. The smallest absolute Gasteiger partial charge is 0.286 e. The summed E-state index contributed by atoms with van der Waals surface area (Å²) < 4.78 is 10.7. The zero-order chi connectivity index (χ0) is 21.3. The summed E-state index contributed by atoms with van der Waals surface area (Å²) in [7, 11) is 1.57. The second-order valence-electron chi connectivity index (χ2n) is 6.34. The first-order chi connectivity index (χ1) is 14.6. The lowest BCUT2D eigenvalue weighted by molar-refractivity contribution is 0.0936. The first-order valence-electron chi connectivity index (χ1n) is 9.26. The minimum absolute atomic E-state index is 0.216. The van der Waals surface area contributed by atoms with Gasteiger partial charge in [0, 0.05) is 24.9 Å². The van der Waals surface area contributed by atoms with Crippen LogP contribution in [0.2, 0.25) is 0 Å². The Morgan fingerprint density at radius 3 is 2.70 bits per heavy atom. The van der Waals surface area contributed by atoms with Gasteiger partial charge in [-0.2, -0.15) is 0 Å². The predicted molar refractivity (Wildman–Crippen MR) is 114 cm³/mol. The number of aromatic nitrogens is 2. The maximum absolute atomic E-state index is 12.5. The number of carbonyl (C=O) groups excluding carboxylic acids is 2. The molecule has 8 nitrogen and oxygen atoms in total. The van der Waals surface area contributed by atoms with E-state index in [0.29, 0.717) is 29.4 Å². The van der Waals surface area contributed by atoms with E-state index in [-0.39, 0.29) is 17.5 Å². The first kappa shape index (κ1) is 21.4. The van der Waals surface area contributed by atoms with Gasteiger partial charge in [-0.3, -0.25) is 9.59 Å². The van der Waals surface area contributed by atoms with Crippen molar-refractivity contribution in [3.05, 3.63) is 69.7 Å². The van der Waals surface area contributed by atoms with E-state index in [1.807, 2.05) is 31.2 Å². The van der Waals surface area contributed by atoms with Gasteiger partial charge in [0.05, 0.1) is 6.61 Å². The molecule has 0 spiro atoms. The monoisotopic (exact) mass is 426 g/mol. The normalized spacial score (nSPS) is 10.5. The molecule has 0 unspecified atom stereocenters. The van der Waals surface area contributed by atoms with Gasteiger partial charge in [-0.05, 0) is 36.8 Å². The Morgan fingerprint density at radius 1 is 1.07 bits per heavy atom. The van der Waals surface area contributed by atoms with Crippen LogP contribution in [-0.2, 0) is 11.3 Å². The summed E-state index contributed by atoms with van der Waals surface area (Å²) in [4.78, 5) is 24.6. The SMILES string of the molecule is COCCNC(=O)c1cccc(NC(=O)c2nnc(COc3ccccc3C)s2)c1. The number of benzene rings is 2. The topological polar surface area (TPSA) is 102 Å². The molecule has 0 saturated carbocycles. The van der Waals surface area contributed by atoms with Crippen LogP contribution in [0.4, 0.5) is 5.69 Å². The highest BCUT2D eigenvalue weighted by Gasteiger charge is 2.15. The van der Waals surface area contributed by atoms with E-state index in [0.717, 1.165) is 22.6 Å². The molecule has 1 heterocycles. The Kier molecular flexibility index (Phi) is 7.47. The number of hydrogen-bond donors (Lipinski definition) is 2. The number of nitrogens with zero attached hydrogens (tertiary/aromatic N) is 2. The number of para-hydroxylation sites is 1. The largest absolute Gasteiger partial charge is 0.486 e. The summed E-state index contributed by atoms with van der Waals surface area (Å²) in [6.07, 6.45) is 0. The molecule has 0 fully saturated rings. The number of rotatable bonds is 9. The van der Waals surface area contributed by atoms with Gasteiger partial charge in [0.1, 0.15) is 12.4 Å². The van der Waals surface area contributed by atoms with Crippen LogP contribution in [-0.4, -0.2) is 42.3 Å². The quantitative estimate of drug-likeness (QED) is 0.510. The summed E-state index contributed by atoms with van der Waals surface area (Å²) in [6.45, 7) is 3.02. The number of anilines is 1. The van der Waals surface area contributed by atoms with Crippen molar-refractivity contribution in [3.63, 3.8) is 0 Å². The van der Waals surface area contributed by atoms with Gasteiger partial charge in [0.15, 0.2) is 5.01 Å². The fraction of sp³-hybridized carbons (Fsp3) is 0.238. The highest BCUT2D eigenvalue weighted by Crippen LogP contribution is 2.20. The molecule has 30 heavy (non-hydrogen) atoms. The fourth-order valence-electron chi connectivity index (χ4n) is 2.55. The molecule has 2 aromatic carbocycles. The maximum atomic E-state index is 12.5. The molecule has 1 aromatic heterocycles. The van der Waals surface area contributed by atoms with Gasteiger partial charge in [-0.15, -0.1) is 10.2 Å². The van der Waals surface area contributed by atoms with Crippen LogP contribution in [0.25, 0.3) is 0 Å². The summed E-state index contributed by atoms with van der Waals surface area (Å²) in [5.41, 5.74) is 1.95. The van der Waals surface area contributed by atoms with Gasteiger partial charge in [-0.25, -0.2) is 0 Å². The van der Waals surface area contributed by atoms with Crippen molar-refractivity contribution < 1.29 is 19.1 Å². The molecule has 0 saturated heterocycles. The van der Waals surface area contributed by atoms with Crippen LogP contribution < -0.4 is 15.4 Å². The van der Waals surface area contributed by atoms with Crippen molar-refractivity contribution >= 4 is 28.8 Å². The zero-order valence-electron chi connectivity index (χ0n) is 16.7. The predicted octanol–water partition coefficient (Wildman–Crippen LogP) is 3.05. The number of methoxy groups -OCH3 is 1. The maximum Gasteiger partial charge on any atom is 0.286 e. The molecular formula is C21H22N4O4S. The van der Waals surface area contributed by atoms with E-state index < -0.39 is 5.91 Å². The number of ether oxygens (including phenoxy) is 2. The van der Waals surface area contributed by atoms with Crippen molar-refractivity contribution in [2.24, 2.45) is 0 Å². The van der Waals surface area contributed by atoms with E-state index in [2.05, 4.69) is 20.8 Å². The van der Waals surface area contributed by atoms with Crippen LogP contribution in [0.5, 0.6) is 5.75 Å². The molecule has 3 aromatic rings. The van der Waals surface area contributed by atoms with Crippen LogP contribution in [0.3, 0.4) is 0 Å². The van der Waals surface area contributed by atoms with Gasteiger partial charge in [0.25, 0.3) is 11.8 Å². The molecule has 0 atom stereocenters. The van der Waals surface area contributed by atoms with Crippen LogP contribution >= 0.6 is 11.3 Å². The number of amides is 2. The Morgan fingerprint density at radius 2 is 1.90 bits per heavy atom. The fourth-order valence-corrected chi connectivity index (χ4v) is 3.20. The van der Waals surface area contributed by atoms with Crippen LogP contribution in [0, 0.1) is 6.92 Å². The lowest BCUT2D eigenvalue weighted by Gasteiger charge is -2.07. The Labute approximate surface area is 178 Å². The molecule has 0 aliphatic rings. The molecule has 0 aliphatic heterocycles. The molecule has 0 aliphatic carbocycles. The van der Waals surface area contributed by atoms with Crippen molar-refractivity contribution in [1.29, 1.82) is 0 Å². The Balaban J connectivity index is 1.58. The third kappa shape index (κ3) is 5.85. The standard InChI is InChI=1S/C21H22N4O4S/c1-14-6-3-4-9-17(14)29-13-18-24-25-21(30-18)20(27)23-16-8-5-7-15(12-16)19(26)22-10-11-28-2/h3-9,12H,10-11,13H2,1-2H3,(H,22,26)(H,23,27). The van der Waals surface area contributed by atoms with Crippen molar-refractivity contribution in [3.8, 4) is 5.75 Å². The van der Waals surface area contributed by atoms with Crippen molar-refractivity contribution in [2.45, 2.75) is 13.5 Å². The molecule has 156 valence electrons. The molecule has 0 radical (unpaired) electrons. The number of aryl methyl sites for hydroxylation is 1. The van der Waals surface area contributed by atoms with Gasteiger partial charge in [-0.1, -0.05) is 35.6 Å². The van der Waals surface area contributed by atoms with Gasteiger partial charge in [0.2, 0.25) is 5.01 Å². The second-order valence-corrected chi connectivity index (χ2v) is 7.40. The third-order valence-corrected chi connectivity index (χ3v) is 4.98. The molecule has 2 amide bonds. The van der Waals surface area contributed by atoms with E-state index >= 15 is 0 Å². The van der Waals surface area contributed by atoms with Crippen LogP contribution in [0.15, 0.2) is 48.5 Å². The molecule has 9 heteroatoms. The highest BCUT2D eigenvalue weighted by molar-refractivity contribution is 7.13. The summed E-state index contributed by atoms with van der Waals surface area (Å²) in [5.74, 6) is 0.126. The average Bonchev–Trinajstić information content (AvgIpc) is 3.23. The highest BCUT2D eigenvalue weighted by atomic mass is 32.1. The third-order valence-electron chi connectivity index (χ3n) is 4.08. The second kappa shape index (κ2) is 10.5. The van der Waals surface area contributed by atoms with Gasteiger partial charge < -0.3 is 20.1 Å². The van der Waals surface area contributed by atoms with E-state index in [1.165, 1.54) is 0 Å². The summed E-state index contributed by atoms with van der Waals surface area (Å²) in [5, 5.41) is 14.2. The Hall–Kier alpha value is -3.30. The molecule has 0 bridgehead atoms. The van der Waals surface area contributed by atoms with Gasteiger partial charge >= 0.3 is 0 Å². The minimum Gasteiger partial charge on any atom is -0.486 e. The van der Waals surface area contributed by atoms with E-state index in [4.69, 9.17) is 9.47 Å². The Bertz CT molecular complexity index is 1020. The molecule has 3 rings (SSSR count). The average molecular weight is 426 g/mol. The molecule has 2 N–H and O–H groups in total. The number of hydrogen-bond acceptors (Lipinski definition) is 7. The number of nitrogens with one attached hydrogen (secondary N) is 2. The minimum atomic E-state index is -0.397. The van der Waals surface area contributed by atoms with Crippen molar-refractivity contribution in [2.75, 3.05) is 25.6 Å². The van der Waals surface area contributed by atoms with Crippen molar-refractivity contribution in [1.82, 2.24) is 15.5 Å². The zero-order valence-corrected chi connectivity index (χ0v) is 17.5. The van der Waals surface area contributed by atoms with E-state index in [1.54, 1.807) is 31.4 Å². The summed E-state index contributed by atoms with van der Waals surface area (Å²) >= 11 is 1.16. The van der Waals surface area contributed by atoms with E-state index in [9.17, 15) is 9.59 Å². The lowest BCUT2D eigenvalue weighted by atomic mass is 10.2. The summed E-state index contributed by atoms with van der Waals surface area (Å²) in [6, 6.07) is 14.3.